The van der Waals surface area contributed by atoms with E-state index in [1.807, 2.05) is 13.0 Å². The van der Waals surface area contributed by atoms with Gasteiger partial charge in [0, 0.05) is 0 Å². The van der Waals surface area contributed by atoms with E-state index < -0.39 is 0 Å². The monoisotopic (exact) mass is 212 g/mol. The Hall–Kier alpha value is 0.270. The first-order valence-corrected chi connectivity index (χ1v) is 5.90. The molecule has 0 bridgehead atoms. The summed E-state index contributed by atoms with van der Waals surface area (Å²) in [5.74, 6) is 0. The van der Waals surface area contributed by atoms with Crippen LogP contribution in [0.25, 0.3) is 0 Å². The molecule has 7 heavy (non-hydrogen) atoms. The fraction of sp³-hybridized carbons (Fsp3) is 0.333. The van der Waals surface area contributed by atoms with Gasteiger partial charge in [-0.3, -0.25) is 0 Å². The molecule has 0 aliphatic heterocycles. The van der Waals surface area contributed by atoms with Gasteiger partial charge < -0.3 is 0 Å². The second-order valence-electron chi connectivity index (χ2n) is 1.09. The quantitative estimate of drug-likeness (QED) is 0.481. The van der Waals surface area contributed by atoms with Crippen molar-refractivity contribution in [3.63, 3.8) is 0 Å². The van der Waals surface area contributed by atoms with Crippen LogP contribution in [-0.2, 0) is 0 Å². The molecule has 0 amide bonds. The van der Waals surface area contributed by atoms with Crippen molar-refractivity contribution in [1.82, 2.24) is 0 Å². The van der Waals surface area contributed by atoms with Gasteiger partial charge >= 0.3 is 55.2 Å². The summed E-state index contributed by atoms with van der Waals surface area (Å²) in [4.78, 5) is 2.26. The van der Waals surface area contributed by atoms with Crippen LogP contribution in [0, 0.1) is 0 Å². The van der Waals surface area contributed by atoms with Crippen molar-refractivity contribution in [2.45, 2.75) is 11.9 Å². The predicted octanol–water partition coefficient (Wildman–Crippen LogP) is 1.83. The molecule has 0 aliphatic rings. The predicted molar refractivity (Wildman–Crippen MR) is 35.6 cm³/mol. The van der Waals surface area contributed by atoms with Crippen LogP contribution in [0.15, 0.2) is 22.4 Å². The molecule has 0 heterocycles. The molecule has 0 spiro atoms. The second kappa shape index (κ2) is 6.27. The standard InChI is InChI=1S/C6H10Te/c1-3-4-5-6-7-2/h3-6H,1-2H3. The average molecular weight is 210 g/mol. The van der Waals surface area contributed by atoms with Crippen LogP contribution in [-0.4, -0.2) is 20.9 Å². The summed E-state index contributed by atoms with van der Waals surface area (Å²) in [6.45, 7) is 2.03. The molecular weight excluding hydrogens is 200 g/mol. The zero-order chi connectivity index (χ0) is 5.54. The van der Waals surface area contributed by atoms with Crippen LogP contribution in [0.4, 0.5) is 0 Å². The van der Waals surface area contributed by atoms with Crippen molar-refractivity contribution in [2.75, 3.05) is 0 Å². The molecule has 0 rings (SSSR count). The van der Waals surface area contributed by atoms with E-state index in [1.54, 1.807) is 0 Å². The molecule has 0 aromatic carbocycles. The third kappa shape index (κ3) is 6.27. The average Bonchev–Trinajstić information content (AvgIpc) is 1.69. The molecule has 0 atom stereocenters. The fourth-order valence-electron chi connectivity index (χ4n) is 0.235. The normalized spacial score (nSPS) is 11.7. The van der Waals surface area contributed by atoms with E-state index in [1.165, 1.54) is 0 Å². The van der Waals surface area contributed by atoms with Crippen molar-refractivity contribution in [3.05, 3.63) is 22.4 Å². The van der Waals surface area contributed by atoms with Gasteiger partial charge in [0.25, 0.3) is 0 Å². The van der Waals surface area contributed by atoms with E-state index in [0.717, 1.165) is 0 Å². The Bertz CT molecular complexity index is 72.2. The van der Waals surface area contributed by atoms with Gasteiger partial charge in [-0.15, -0.1) is 0 Å². The molecule has 0 N–H and O–H groups in total. The van der Waals surface area contributed by atoms with Gasteiger partial charge in [0.2, 0.25) is 0 Å². The molecule has 0 fully saturated rings. The molecule has 0 aliphatic carbocycles. The van der Waals surface area contributed by atoms with Crippen LogP contribution in [0.2, 0.25) is 4.97 Å². The van der Waals surface area contributed by atoms with Crippen LogP contribution >= 0.6 is 0 Å². The van der Waals surface area contributed by atoms with Gasteiger partial charge in [-0.25, -0.2) is 0 Å². The fourth-order valence-corrected chi connectivity index (χ4v) is 0.942. The van der Waals surface area contributed by atoms with Crippen LogP contribution in [0.1, 0.15) is 6.92 Å². The first kappa shape index (κ1) is 7.27. The van der Waals surface area contributed by atoms with Gasteiger partial charge in [0.15, 0.2) is 0 Å². The van der Waals surface area contributed by atoms with E-state index in [0.29, 0.717) is 0 Å². The molecule has 1 heteroatoms. The topological polar surface area (TPSA) is 0 Å². The second-order valence-corrected chi connectivity index (χ2v) is 3.21. The number of hydrogen-bond donors (Lipinski definition) is 0. The maximum absolute atomic E-state index is 2.26. The number of allylic oxidation sites excluding steroid dienone is 3. The van der Waals surface area contributed by atoms with Crippen LogP contribution in [0.5, 0.6) is 0 Å². The summed E-state index contributed by atoms with van der Waals surface area (Å²) < 4.78 is 2.26. The summed E-state index contributed by atoms with van der Waals surface area (Å²) in [5.41, 5.74) is 0. The van der Waals surface area contributed by atoms with E-state index in [-0.39, 0.29) is 20.9 Å². The summed E-state index contributed by atoms with van der Waals surface area (Å²) in [6, 6.07) is 0. The van der Waals surface area contributed by atoms with E-state index in [9.17, 15) is 0 Å². The molecule has 0 unspecified atom stereocenters. The zero-order valence-electron chi connectivity index (χ0n) is 4.72. The molecule has 0 saturated heterocycles. The molecule has 40 valence electrons. The maximum atomic E-state index is 2.26. The Morgan fingerprint density at radius 3 is 2.43 bits per heavy atom. The number of hydrogen-bond acceptors (Lipinski definition) is 0. The van der Waals surface area contributed by atoms with E-state index in [2.05, 4.69) is 21.2 Å². The molecule has 0 aromatic rings. The van der Waals surface area contributed by atoms with Gasteiger partial charge in [0.05, 0.1) is 0 Å². The molecule has 0 nitrogen and oxygen atoms in total. The van der Waals surface area contributed by atoms with Crippen molar-refractivity contribution in [1.29, 1.82) is 0 Å². The van der Waals surface area contributed by atoms with Crippen LogP contribution < -0.4 is 0 Å². The van der Waals surface area contributed by atoms with Crippen molar-refractivity contribution in [2.24, 2.45) is 0 Å². The first-order chi connectivity index (χ1) is 3.41. The Labute approximate surface area is 55.4 Å². The Kier molecular flexibility index (Phi) is 6.51. The van der Waals surface area contributed by atoms with Crippen molar-refractivity contribution >= 4 is 20.9 Å². The van der Waals surface area contributed by atoms with Crippen molar-refractivity contribution in [3.8, 4) is 0 Å². The zero-order valence-corrected chi connectivity index (χ0v) is 7.05. The van der Waals surface area contributed by atoms with Gasteiger partial charge in [0.1, 0.15) is 0 Å². The van der Waals surface area contributed by atoms with Crippen molar-refractivity contribution < 1.29 is 0 Å². The molecule has 0 saturated carbocycles. The molecule has 0 radical (unpaired) electrons. The van der Waals surface area contributed by atoms with E-state index >= 15 is 0 Å². The van der Waals surface area contributed by atoms with Gasteiger partial charge in [-0.2, -0.15) is 0 Å². The third-order valence-electron chi connectivity index (χ3n) is 0.518. The molecule has 0 aromatic heterocycles. The Morgan fingerprint density at radius 1 is 1.29 bits per heavy atom. The minimum atomic E-state index is 0.224. The summed E-state index contributed by atoms with van der Waals surface area (Å²) >= 11 is 0.224. The Morgan fingerprint density at radius 2 is 2.00 bits per heavy atom. The summed E-state index contributed by atoms with van der Waals surface area (Å²) in [6.07, 6.45) is 6.22. The Balaban J connectivity index is 3.09. The van der Waals surface area contributed by atoms with Crippen LogP contribution in [0.3, 0.4) is 0 Å². The van der Waals surface area contributed by atoms with E-state index in [4.69, 9.17) is 0 Å². The third-order valence-corrected chi connectivity index (χ3v) is 1.74. The van der Waals surface area contributed by atoms with Gasteiger partial charge in [-0.05, 0) is 0 Å². The first-order valence-electron chi connectivity index (χ1n) is 2.22. The van der Waals surface area contributed by atoms with Gasteiger partial charge in [-0.1, -0.05) is 0 Å². The number of rotatable bonds is 2. The minimum absolute atomic E-state index is 0.224. The molecular formula is C6H10Te. The summed E-state index contributed by atoms with van der Waals surface area (Å²) in [7, 11) is 0. The summed E-state index contributed by atoms with van der Waals surface area (Å²) in [5, 5.41) is 0. The SMILES string of the molecule is CC=CC=C[Te]C.